The molecule has 0 saturated carbocycles. The fraction of sp³-hybridized carbons (Fsp3) is 0.211. The first kappa shape index (κ1) is 96.7. The van der Waals surface area contributed by atoms with E-state index < -0.39 is 0 Å². The normalized spacial score (nSPS) is 13.0. The standard InChI is InChI=1S/C34H30N.C33H28N.C32H26N.3C5H8O2.3Ir/c1-20-11-21(2)14-24(13-20)27-18-32(25-15-22(3)12-23(4)16-25)35-33-19-31-28(17-29(27)33)26-9-7-8-10-30(26)34(31,5)6;1-20-10-12-23(13-11-20)26-18-31(24-15-21(2)14-22(3)16-24)34-32-19-30-27(17-28(26)32)25-8-6-7-9-29(25)33(30,4)5;1-20-14-21(2)16-23(15-20)30-18-25(22-10-6-5-7-11-22)27-17-26-24-12-8-9-13-28(24)32(3,4)29(26)19-31(27)33-30;3*1-4(6)3-5(2)7;;;/h7-15,17-19H,1-6H3;6-15,17-19H,1-5H3;5-15,17-19H,1-4H3;3*3,6H,1-2H3;;;/q3*-1;;;;;;. The molecule has 18 rings (SSSR count). The van der Waals surface area contributed by atoms with E-state index in [1.807, 2.05) is 0 Å². The Morgan fingerprint density at radius 3 is 0.817 bits per heavy atom. The number of fused-ring (bicyclic) bond motifs is 12. The van der Waals surface area contributed by atoms with E-state index in [0.29, 0.717) is 0 Å². The zero-order chi connectivity index (χ0) is 88.4. The first-order valence-electron chi connectivity index (χ1n) is 42.0. The van der Waals surface area contributed by atoms with Crippen LogP contribution in [0.5, 0.6) is 0 Å². The van der Waals surface area contributed by atoms with Crippen LogP contribution in [-0.2, 0) is 90.9 Å². The number of benzene rings is 12. The minimum Gasteiger partial charge on any atom is -0.512 e. The van der Waals surface area contributed by atoms with Gasteiger partial charge in [-0.25, -0.2) is 0 Å². The quantitative estimate of drug-likeness (QED) is 0.0729. The Kier molecular flexibility index (Phi) is 30.7. The van der Waals surface area contributed by atoms with E-state index in [-0.39, 0.29) is 111 Å². The summed E-state index contributed by atoms with van der Waals surface area (Å²) in [6, 6.07) is 97.3. The molecule has 126 heavy (non-hydrogen) atoms. The molecule has 3 aliphatic carbocycles. The largest absolute Gasteiger partial charge is 0.512 e. The Bertz CT molecular complexity index is 6650. The fourth-order valence-electron chi connectivity index (χ4n) is 17.9. The summed E-state index contributed by atoms with van der Waals surface area (Å²) in [4.78, 5) is 45.7. The molecular formula is C114H108Ir3N3O6-3. The molecule has 0 spiro atoms. The Morgan fingerprint density at radius 1 is 0.270 bits per heavy atom. The number of hydrogen-bond donors (Lipinski definition) is 3. The fourth-order valence-corrected chi connectivity index (χ4v) is 17.9. The van der Waals surface area contributed by atoms with Crippen molar-refractivity contribution in [3.8, 4) is 101 Å². The molecule has 0 bridgehead atoms. The number of carbonyl (C=O) groups is 3. The average molecular weight is 2190 g/mol. The van der Waals surface area contributed by atoms with E-state index in [1.54, 1.807) is 0 Å². The molecule has 3 aliphatic rings. The van der Waals surface area contributed by atoms with Crippen molar-refractivity contribution >= 4 is 50.1 Å². The van der Waals surface area contributed by atoms with Crippen LogP contribution in [0.3, 0.4) is 0 Å². The Balaban J connectivity index is 0.000000175. The van der Waals surface area contributed by atoms with Crippen molar-refractivity contribution in [1.82, 2.24) is 15.0 Å². The number of hydrogen-bond acceptors (Lipinski definition) is 9. The molecule has 645 valence electrons. The van der Waals surface area contributed by atoms with E-state index in [2.05, 4.69) is 359 Å². The number of aryl methyl sites for hydroxylation is 9. The second-order valence-corrected chi connectivity index (χ2v) is 35.0. The van der Waals surface area contributed by atoms with Gasteiger partial charge in [-0.1, -0.05) is 264 Å². The van der Waals surface area contributed by atoms with Crippen LogP contribution >= 0.6 is 0 Å². The first-order chi connectivity index (χ1) is 58.3. The molecular weight excluding hydrogens is 2080 g/mol. The first-order valence-corrected chi connectivity index (χ1v) is 42.0. The molecule has 3 aromatic heterocycles. The predicted octanol–water partition coefficient (Wildman–Crippen LogP) is 28.9. The van der Waals surface area contributed by atoms with Gasteiger partial charge in [0.25, 0.3) is 0 Å². The summed E-state index contributed by atoms with van der Waals surface area (Å²) in [7, 11) is 0. The van der Waals surface area contributed by atoms with E-state index in [0.717, 1.165) is 67.0 Å². The van der Waals surface area contributed by atoms with Crippen molar-refractivity contribution in [2.75, 3.05) is 0 Å². The Morgan fingerprint density at radius 2 is 0.540 bits per heavy atom. The summed E-state index contributed by atoms with van der Waals surface area (Å²) in [6.07, 6.45) is 3.50. The monoisotopic (exact) mass is 2190 g/mol. The van der Waals surface area contributed by atoms with Gasteiger partial charge in [-0.3, -0.25) is 29.3 Å². The molecule has 0 saturated heterocycles. The molecule has 15 aromatic rings. The topological polar surface area (TPSA) is 151 Å². The minimum absolute atomic E-state index is 0. The summed E-state index contributed by atoms with van der Waals surface area (Å²) >= 11 is 0. The number of aromatic nitrogens is 3. The Hall–Kier alpha value is -11.6. The molecule has 0 amide bonds. The molecule has 3 heterocycles. The van der Waals surface area contributed by atoms with Crippen LogP contribution in [0.2, 0.25) is 0 Å². The van der Waals surface area contributed by atoms with Gasteiger partial charge in [0.15, 0.2) is 17.3 Å². The maximum Gasteiger partial charge on any atom is 0.155 e. The zero-order valence-electron chi connectivity index (χ0n) is 75.7. The van der Waals surface area contributed by atoms with E-state index in [4.69, 9.17) is 30.3 Å². The van der Waals surface area contributed by atoms with Crippen LogP contribution in [-0.4, -0.2) is 47.6 Å². The van der Waals surface area contributed by atoms with Crippen molar-refractivity contribution < 1.29 is 90.0 Å². The molecule has 0 unspecified atom stereocenters. The van der Waals surface area contributed by atoms with E-state index in [9.17, 15) is 14.4 Å². The molecule has 12 heteroatoms. The van der Waals surface area contributed by atoms with Gasteiger partial charge >= 0.3 is 0 Å². The number of nitrogens with zero attached hydrogens (tertiary/aromatic N) is 3. The summed E-state index contributed by atoms with van der Waals surface area (Å²) < 4.78 is 0. The van der Waals surface area contributed by atoms with Gasteiger partial charge in [0.2, 0.25) is 0 Å². The zero-order valence-corrected chi connectivity index (χ0v) is 82.8. The smallest absolute Gasteiger partial charge is 0.155 e. The Labute approximate surface area is 784 Å². The van der Waals surface area contributed by atoms with Crippen molar-refractivity contribution in [1.29, 1.82) is 0 Å². The number of rotatable bonds is 9. The number of pyridine rings is 3. The summed E-state index contributed by atoms with van der Waals surface area (Å²) in [5, 5.41) is 28.7. The molecule has 9 nitrogen and oxygen atoms in total. The third kappa shape index (κ3) is 21.4. The van der Waals surface area contributed by atoms with E-state index in [1.165, 1.54) is 209 Å². The third-order valence-electron chi connectivity index (χ3n) is 23.0. The average Bonchev–Trinajstić information content (AvgIpc) is 1.57. The van der Waals surface area contributed by atoms with Gasteiger partial charge in [0.05, 0.1) is 33.8 Å². The molecule has 0 aliphatic heterocycles. The van der Waals surface area contributed by atoms with Crippen LogP contribution in [0, 0.1) is 80.5 Å². The number of allylic oxidation sites excluding steroid dienone is 6. The number of carbonyl (C=O) groups excluding carboxylic acids is 3. The second-order valence-electron chi connectivity index (χ2n) is 35.0. The van der Waals surface area contributed by atoms with Gasteiger partial charge in [-0.05, 0) is 216 Å². The number of aliphatic hydroxyl groups excluding tert-OH is 3. The second kappa shape index (κ2) is 40.0. The molecule has 3 radical (unpaired) electrons. The van der Waals surface area contributed by atoms with Crippen LogP contribution in [0.25, 0.3) is 133 Å². The van der Waals surface area contributed by atoms with Crippen LogP contribution in [0.15, 0.2) is 272 Å². The predicted molar refractivity (Wildman–Crippen MR) is 511 cm³/mol. The molecule has 0 atom stereocenters. The molecule has 0 fully saturated rings. The van der Waals surface area contributed by atoms with Crippen molar-refractivity contribution in [2.24, 2.45) is 0 Å². The third-order valence-corrected chi connectivity index (χ3v) is 23.0. The number of ketones is 3. The van der Waals surface area contributed by atoms with Crippen molar-refractivity contribution in [2.45, 2.75) is 162 Å². The van der Waals surface area contributed by atoms with Crippen LogP contribution in [0.1, 0.15) is 167 Å². The maximum absolute atomic E-state index is 10.0. The summed E-state index contributed by atoms with van der Waals surface area (Å²) in [6.45, 7) is 41.7. The van der Waals surface area contributed by atoms with Crippen LogP contribution in [0.4, 0.5) is 0 Å². The molecule has 3 N–H and O–H groups in total. The van der Waals surface area contributed by atoms with Gasteiger partial charge in [0, 0.05) is 111 Å². The minimum atomic E-state index is -0.125. The molecule has 12 aromatic carbocycles. The van der Waals surface area contributed by atoms with E-state index >= 15 is 0 Å². The maximum atomic E-state index is 10.0. The van der Waals surface area contributed by atoms with Gasteiger partial charge < -0.3 is 15.3 Å². The van der Waals surface area contributed by atoms with Crippen LogP contribution < -0.4 is 0 Å². The van der Waals surface area contributed by atoms with Gasteiger partial charge in [0.1, 0.15) is 0 Å². The van der Waals surface area contributed by atoms with Crippen molar-refractivity contribution in [3.05, 3.63) is 374 Å². The van der Waals surface area contributed by atoms with Gasteiger partial charge in [-0.15, -0.1) is 105 Å². The van der Waals surface area contributed by atoms with Gasteiger partial charge in [-0.2, -0.15) is 0 Å². The van der Waals surface area contributed by atoms with Crippen molar-refractivity contribution in [3.63, 3.8) is 0 Å². The SMILES string of the molecule is CC(=O)C=C(C)O.CC(=O)C=C(C)O.CC(=O)C=C(C)O.Cc1[c-]c(-c2cc(-c3cc(C)cc(C)c3)c3cc4c(cc3n2)C(C)(C)c2ccccc2-4)cc(C)c1.Cc1[c-]c(-c2cc(-c3ccc(C)cc3)c3cc4c(cc3n2)C(C)(C)c2ccccc2-4)cc(C)c1.Cc1[c-]c(-c2cc(-c3ccccc3)c3cc4c(cc3n2)C(C)(C)c2ccccc2-4)cc(C)c1.[Ir].[Ir].[Ir]. The summed E-state index contributed by atoms with van der Waals surface area (Å²) in [5.74, 6) is -0.187. The summed E-state index contributed by atoms with van der Waals surface area (Å²) in [5.41, 5.74) is 43.6. The number of aliphatic hydroxyl groups is 3.